The summed E-state index contributed by atoms with van der Waals surface area (Å²) in [4.78, 5) is 22.9. The minimum Gasteiger partial charge on any atom is -0.368 e. The number of carbonyl (C=O) groups is 2. The molecule has 19 heavy (non-hydrogen) atoms. The van der Waals surface area contributed by atoms with Crippen molar-refractivity contribution in [3.8, 4) is 0 Å². The first-order valence-electron chi connectivity index (χ1n) is 6.00. The van der Waals surface area contributed by atoms with Gasteiger partial charge in [0.1, 0.15) is 17.7 Å². The molecule has 1 rings (SSSR count). The van der Waals surface area contributed by atoms with E-state index >= 15 is 0 Å². The Balaban J connectivity index is 2.78. The smallest absolute Gasteiger partial charge is 0.252 e. The number of amides is 2. The van der Waals surface area contributed by atoms with Gasteiger partial charge in [0, 0.05) is 11.6 Å². The van der Waals surface area contributed by atoms with Gasteiger partial charge >= 0.3 is 0 Å². The number of rotatable bonds is 6. The zero-order valence-electron chi connectivity index (χ0n) is 10.6. The van der Waals surface area contributed by atoms with Gasteiger partial charge in [0.05, 0.1) is 0 Å². The predicted molar refractivity (Wildman–Crippen MR) is 66.3 cm³/mol. The van der Waals surface area contributed by atoms with Crippen molar-refractivity contribution in [1.82, 2.24) is 5.32 Å². The minimum atomic E-state index is -0.852. The van der Waals surface area contributed by atoms with Crippen LogP contribution in [0.15, 0.2) is 18.2 Å². The lowest BCUT2D eigenvalue weighted by Gasteiger charge is -2.15. The third-order valence-electron chi connectivity index (χ3n) is 2.62. The molecule has 0 aliphatic carbocycles. The van der Waals surface area contributed by atoms with Crippen molar-refractivity contribution in [3.05, 3.63) is 35.4 Å². The second kappa shape index (κ2) is 6.82. The average molecular weight is 270 g/mol. The van der Waals surface area contributed by atoms with Crippen molar-refractivity contribution in [2.45, 2.75) is 32.2 Å². The Morgan fingerprint density at radius 2 is 1.84 bits per heavy atom. The second-order valence-electron chi connectivity index (χ2n) is 4.23. The zero-order valence-corrected chi connectivity index (χ0v) is 10.6. The van der Waals surface area contributed by atoms with E-state index in [1.807, 2.05) is 6.92 Å². The van der Waals surface area contributed by atoms with Crippen LogP contribution >= 0.6 is 0 Å². The average Bonchev–Trinajstić information content (AvgIpc) is 2.32. The van der Waals surface area contributed by atoms with E-state index < -0.39 is 29.5 Å². The number of primary amides is 1. The molecule has 0 fully saturated rings. The highest BCUT2D eigenvalue weighted by atomic mass is 19.1. The summed E-state index contributed by atoms with van der Waals surface area (Å²) in [6, 6.07) is 1.63. The van der Waals surface area contributed by atoms with Crippen LogP contribution < -0.4 is 11.1 Å². The van der Waals surface area contributed by atoms with E-state index in [9.17, 15) is 18.4 Å². The van der Waals surface area contributed by atoms with Gasteiger partial charge in [0.2, 0.25) is 5.91 Å². The van der Waals surface area contributed by atoms with Crippen molar-refractivity contribution >= 4 is 11.8 Å². The summed E-state index contributed by atoms with van der Waals surface area (Å²) in [5.41, 5.74) is 4.98. The van der Waals surface area contributed by atoms with E-state index in [0.717, 1.165) is 18.6 Å². The Hall–Kier alpha value is -1.98. The van der Waals surface area contributed by atoms with Crippen molar-refractivity contribution in [2.24, 2.45) is 5.73 Å². The van der Waals surface area contributed by atoms with Crippen LogP contribution in [-0.2, 0) is 4.79 Å². The molecular weight excluding hydrogens is 254 g/mol. The minimum absolute atomic E-state index is 0.180. The number of carbonyl (C=O) groups excluding carboxylic acids is 2. The fraction of sp³-hybridized carbons (Fsp3) is 0.385. The van der Waals surface area contributed by atoms with Gasteiger partial charge in [-0.3, -0.25) is 9.59 Å². The van der Waals surface area contributed by atoms with Crippen molar-refractivity contribution in [3.63, 3.8) is 0 Å². The Kier molecular flexibility index (Phi) is 5.41. The Morgan fingerprint density at radius 1 is 1.26 bits per heavy atom. The Labute approximate surface area is 110 Å². The molecule has 0 aromatic heterocycles. The predicted octanol–water partition coefficient (Wildman–Crippen LogP) is 1.74. The molecule has 1 atom stereocenters. The maximum absolute atomic E-state index is 13.0. The lowest BCUT2D eigenvalue weighted by molar-refractivity contribution is -0.120. The first-order chi connectivity index (χ1) is 8.93. The number of benzene rings is 1. The Bertz CT molecular complexity index is 457. The molecule has 104 valence electrons. The first kappa shape index (κ1) is 15.1. The van der Waals surface area contributed by atoms with E-state index in [2.05, 4.69) is 5.32 Å². The van der Waals surface area contributed by atoms with Crippen molar-refractivity contribution in [2.75, 3.05) is 0 Å². The van der Waals surface area contributed by atoms with Crippen LogP contribution in [0.25, 0.3) is 0 Å². The zero-order chi connectivity index (χ0) is 14.4. The van der Waals surface area contributed by atoms with Crippen LogP contribution in [0, 0.1) is 11.6 Å². The summed E-state index contributed by atoms with van der Waals surface area (Å²) >= 11 is 0. The quantitative estimate of drug-likeness (QED) is 0.826. The SMILES string of the molecule is CCCC[C@H](NC(=O)c1cc(F)cc(F)c1)C(N)=O. The number of hydrogen-bond donors (Lipinski definition) is 2. The van der Waals surface area contributed by atoms with Gasteiger partial charge in [-0.05, 0) is 18.6 Å². The molecule has 2 amide bonds. The molecule has 1 aromatic carbocycles. The molecule has 0 aliphatic rings. The largest absolute Gasteiger partial charge is 0.368 e. The molecule has 3 N–H and O–H groups in total. The molecular formula is C13H16F2N2O2. The summed E-state index contributed by atoms with van der Waals surface area (Å²) in [5, 5.41) is 2.38. The van der Waals surface area contributed by atoms with Gasteiger partial charge < -0.3 is 11.1 Å². The van der Waals surface area contributed by atoms with E-state index in [1.165, 1.54) is 0 Å². The van der Waals surface area contributed by atoms with Crippen molar-refractivity contribution < 1.29 is 18.4 Å². The molecule has 0 saturated carbocycles. The van der Waals surface area contributed by atoms with E-state index in [1.54, 1.807) is 0 Å². The molecule has 0 spiro atoms. The van der Waals surface area contributed by atoms with Crippen molar-refractivity contribution in [1.29, 1.82) is 0 Å². The van der Waals surface area contributed by atoms with Gasteiger partial charge in [-0.2, -0.15) is 0 Å². The van der Waals surface area contributed by atoms with E-state index in [-0.39, 0.29) is 5.56 Å². The first-order valence-corrected chi connectivity index (χ1v) is 6.00. The normalized spacial score (nSPS) is 11.9. The maximum Gasteiger partial charge on any atom is 0.252 e. The van der Waals surface area contributed by atoms with Crippen LogP contribution in [0.5, 0.6) is 0 Å². The molecule has 1 aromatic rings. The van der Waals surface area contributed by atoms with E-state index in [0.29, 0.717) is 18.9 Å². The second-order valence-corrected chi connectivity index (χ2v) is 4.23. The third kappa shape index (κ3) is 4.65. The van der Waals surface area contributed by atoms with Gasteiger partial charge in [-0.15, -0.1) is 0 Å². The number of nitrogens with two attached hydrogens (primary N) is 1. The molecule has 6 heteroatoms. The van der Waals surface area contributed by atoms with Gasteiger partial charge in [0.25, 0.3) is 5.91 Å². The lowest BCUT2D eigenvalue weighted by Crippen LogP contribution is -2.44. The summed E-state index contributed by atoms with van der Waals surface area (Å²) in [6.07, 6.45) is 1.95. The van der Waals surface area contributed by atoms with Crippen LogP contribution in [0.1, 0.15) is 36.5 Å². The summed E-state index contributed by atoms with van der Waals surface area (Å²) < 4.78 is 26.0. The lowest BCUT2D eigenvalue weighted by atomic mass is 10.1. The summed E-state index contributed by atoms with van der Waals surface area (Å²) in [5.74, 6) is -3.10. The fourth-order valence-corrected chi connectivity index (χ4v) is 1.62. The third-order valence-corrected chi connectivity index (χ3v) is 2.62. The number of nitrogens with one attached hydrogen (secondary N) is 1. The molecule has 0 unspecified atom stereocenters. The molecule has 4 nitrogen and oxygen atoms in total. The highest BCUT2D eigenvalue weighted by molar-refractivity contribution is 5.97. The number of unbranched alkanes of at least 4 members (excludes halogenated alkanes) is 1. The molecule has 0 radical (unpaired) electrons. The molecule has 0 aliphatic heterocycles. The highest BCUT2D eigenvalue weighted by Crippen LogP contribution is 2.09. The van der Waals surface area contributed by atoms with E-state index in [4.69, 9.17) is 5.73 Å². The molecule has 0 heterocycles. The van der Waals surface area contributed by atoms with Gasteiger partial charge in [0.15, 0.2) is 0 Å². The monoisotopic (exact) mass is 270 g/mol. The number of halogens is 2. The van der Waals surface area contributed by atoms with Crippen LogP contribution in [0.2, 0.25) is 0 Å². The van der Waals surface area contributed by atoms with Crippen LogP contribution in [-0.4, -0.2) is 17.9 Å². The summed E-state index contributed by atoms with van der Waals surface area (Å²) in [7, 11) is 0. The van der Waals surface area contributed by atoms with Gasteiger partial charge in [-0.1, -0.05) is 19.8 Å². The molecule has 0 bridgehead atoms. The fourth-order valence-electron chi connectivity index (χ4n) is 1.62. The Morgan fingerprint density at radius 3 is 2.32 bits per heavy atom. The number of hydrogen-bond acceptors (Lipinski definition) is 2. The molecule has 0 saturated heterocycles. The highest BCUT2D eigenvalue weighted by Gasteiger charge is 2.19. The standard InChI is InChI=1S/C13H16F2N2O2/c1-2-3-4-11(12(16)18)17-13(19)8-5-9(14)7-10(15)6-8/h5-7,11H,2-4H2,1H3,(H2,16,18)(H,17,19)/t11-/m0/s1. The van der Waals surface area contributed by atoms with Gasteiger partial charge in [-0.25, -0.2) is 8.78 Å². The van der Waals surface area contributed by atoms with Crippen LogP contribution in [0.3, 0.4) is 0 Å². The van der Waals surface area contributed by atoms with Crippen LogP contribution in [0.4, 0.5) is 8.78 Å². The maximum atomic E-state index is 13.0. The topological polar surface area (TPSA) is 72.2 Å². The summed E-state index contributed by atoms with van der Waals surface area (Å²) in [6.45, 7) is 1.93.